The Hall–Kier alpha value is -3.59. The Balaban J connectivity index is 1.47. The quantitative estimate of drug-likeness (QED) is 0.512. The van der Waals surface area contributed by atoms with Crippen LogP contribution in [0, 0.1) is 0 Å². The molecule has 208 valence electrons. The summed E-state index contributed by atoms with van der Waals surface area (Å²) in [6.45, 7) is 0.897. The van der Waals surface area contributed by atoms with Crippen LogP contribution in [-0.2, 0) is 19.1 Å². The van der Waals surface area contributed by atoms with Gasteiger partial charge in [0.05, 0.1) is 18.8 Å². The van der Waals surface area contributed by atoms with Gasteiger partial charge in [-0.2, -0.15) is 0 Å². The number of carbonyl (C=O) groups excluding carboxylic acids is 3. The minimum Gasteiger partial charge on any atom is -0.485 e. The van der Waals surface area contributed by atoms with Gasteiger partial charge in [-0.25, -0.2) is 4.79 Å². The Morgan fingerprint density at radius 2 is 1.72 bits per heavy atom. The molecule has 1 saturated carbocycles. The minimum absolute atomic E-state index is 0.0378. The monoisotopic (exact) mass is 536 g/mol. The van der Waals surface area contributed by atoms with Crippen molar-refractivity contribution in [1.29, 1.82) is 0 Å². The maximum Gasteiger partial charge on any atom is 0.337 e. The molecule has 39 heavy (non-hydrogen) atoms. The minimum atomic E-state index is -0.934. The van der Waals surface area contributed by atoms with Gasteiger partial charge in [-0.05, 0) is 55.5 Å². The van der Waals surface area contributed by atoms with Crippen molar-refractivity contribution in [3.63, 3.8) is 0 Å². The topological polar surface area (TPSA) is 103 Å². The van der Waals surface area contributed by atoms with Crippen LogP contribution in [0.4, 0.5) is 0 Å². The molecule has 1 aliphatic carbocycles. The zero-order valence-electron chi connectivity index (χ0n) is 22.3. The van der Waals surface area contributed by atoms with Gasteiger partial charge in [0.25, 0.3) is 5.91 Å². The Morgan fingerprint density at radius 1 is 0.974 bits per heavy atom. The van der Waals surface area contributed by atoms with E-state index < -0.39 is 18.1 Å². The lowest BCUT2D eigenvalue weighted by Gasteiger charge is -2.37. The smallest absolute Gasteiger partial charge is 0.337 e. The zero-order valence-corrected chi connectivity index (χ0v) is 22.3. The van der Waals surface area contributed by atoms with Crippen LogP contribution < -0.4 is 14.8 Å². The number of rotatable bonds is 8. The summed E-state index contributed by atoms with van der Waals surface area (Å²) >= 11 is 0. The molecule has 3 aliphatic rings. The van der Waals surface area contributed by atoms with Gasteiger partial charge in [0.1, 0.15) is 12.6 Å². The molecule has 0 radical (unpaired) electrons. The Labute approximate surface area is 228 Å². The van der Waals surface area contributed by atoms with Crippen molar-refractivity contribution in [2.24, 2.45) is 0 Å². The van der Waals surface area contributed by atoms with Crippen LogP contribution in [0.25, 0.3) is 0 Å². The highest BCUT2D eigenvalue weighted by molar-refractivity contribution is 5.92. The largest absolute Gasteiger partial charge is 0.485 e. The fourth-order valence-corrected chi connectivity index (χ4v) is 5.58. The molecule has 9 nitrogen and oxygen atoms in total. The molecule has 2 aromatic carbocycles. The third kappa shape index (κ3) is 6.36. The predicted molar refractivity (Wildman–Crippen MR) is 143 cm³/mol. The lowest BCUT2D eigenvalue weighted by Crippen LogP contribution is -2.54. The van der Waals surface area contributed by atoms with Crippen LogP contribution in [-0.4, -0.2) is 67.8 Å². The van der Waals surface area contributed by atoms with Crippen LogP contribution >= 0.6 is 0 Å². The third-order valence-corrected chi connectivity index (χ3v) is 7.65. The van der Waals surface area contributed by atoms with Gasteiger partial charge in [-0.1, -0.05) is 43.5 Å². The van der Waals surface area contributed by atoms with E-state index in [-0.39, 0.29) is 37.1 Å². The number of benzene rings is 2. The molecule has 2 fully saturated rings. The summed E-state index contributed by atoms with van der Waals surface area (Å²) in [6.07, 6.45) is 5.71. The van der Waals surface area contributed by atoms with Crippen molar-refractivity contribution in [1.82, 2.24) is 10.2 Å². The number of nitrogens with zero attached hydrogens (tertiary/aromatic N) is 1. The number of fused-ring (bicyclic) bond motifs is 1. The van der Waals surface area contributed by atoms with E-state index in [0.29, 0.717) is 29.2 Å². The average Bonchev–Trinajstić information content (AvgIpc) is 3.50. The van der Waals surface area contributed by atoms with Crippen LogP contribution in [0.5, 0.6) is 11.5 Å². The molecule has 2 heterocycles. The van der Waals surface area contributed by atoms with Crippen LogP contribution in [0.3, 0.4) is 0 Å². The van der Waals surface area contributed by atoms with Crippen LogP contribution in [0.15, 0.2) is 48.5 Å². The second kappa shape index (κ2) is 12.5. The Bertz CT molecular complexity index is 1160. The molecule has 0 aromatic heterocycles. The van der Waals surface area contributed by atoms with E-state index in [0.717, 1.165) is 44.9 Å². The number of methoxy groups -OCH3 is 1. The van der Waals surface area contributed by atoms with Crippen molar-refractivity contribution in [3.05, 3.63) is 59.7 Å². The number of para-hydroxylation sites is 2. The first-order valence-corrected chi connectivity index (χ1v) is 13.8. The molecule has 5 rings (SSSR count). The number of ether oxygens (including phenoxy) is 4. The predicted octanol–water partition coefficient (Wildman–Crippen LogP) is 3.81. The molecule has 0 bridgehead atoms. The number of hydrogen-bond acceptors (Lipinski definition) is 7. The fraction of sp³-hybridized carbons (Fsp3) is 0.500. The van der Waals surface area contributed by atoms with E-state index in [1.807, 2.05) is 12.1 Å². The van der Waals surface area contributed by atoms with Gasteiger partial charge < -0.3 is 29.2 Å². The zero-order chi connectivity index (χ0) is 27.2. The molecule has 0 unspecified atom stereocenters. The van der Waals surface area contributed by atoms with Crippen molar-refractivity contribution >= 4 is 17.8 Å². The Kier molecular flexibility index (Phi) is 8.66. The van der Waals surface area contributed by atoms with E-state index in [4.69, 9.17) is 18.9 Å². The molecule has 2 amide bonds. The first-order chi connectivity index (χ1) is 19.0. The van der Waals surface area contributed by atoms with Crippen molar-refractivity contribution < 1.29 is 33.3 Å². The summed E-state index contributed by atoms with van der Waals surface area (Å²) in [5.74, 6) is 0.00233. The molecule has 1 saturated heterocycles. The normalized spacial score (nSPS) is 21.6. The SMILES string of the molecule is COC(=O)c1ccc([C@H](C(=O)NC2CCCCC2)N(C[C@H]2CCCO2)C(=O)[C@@H]2COc3ccccc3O2)cc1. The highest BCUT2D eigenvalue weighted by atomic mass is 16.6. The first-order valence-electron chi connectivity index (χ1n) is 13.8. The lowest BCUT2D eigenvalue weighted by molar-refractivity contribution is -0.150. The van der Waals surface area contributed by atoms with Crippen LogP contribution in [0.2, 0.25) is 0 Å². The van der Waals surface area contributed by atoms with E-state index in [1.165, 1.54) is 7.11 Å². The van der Waals surface area contributed by atoms with Gasteiger partial charge in [-0.3, -0.25) is 9.59 Å². The van der Waals surface area contributed by atoms with Crippen molar-refractivity contribution in [2.45, 2.75) is 69.2 Å². The van der Waals surface area contributed by atoms with E-state index in [1.54, 1.807) is 41.3 Å². The molecule has 0 spiro atoms. The maximum absolute atomic E-state index is 14.1. The molecule has 3 atom stereocenters. The highest BCUT2D eigenvalue weighted by Gasteiger charge is 2.40. The summed E-state index contributed by atoms with van der Waals surface area (Å²) in [5.41, 5.74) is 0.963. The van der Waals surface area contributed by atoms with Gasteiger partial charge >= 0.3 is 5.97 Å². The van der Waals surface area contributed by atoms with Crippen molar-refractivity contribution in [2.75, 3.05) is 26.9 Å². The number of carbonyl (C=O) groups is 3. The van der Waals surface area contributed by atoms with Gasteiger partial charge in [0.15, 0.2) is 11.5 Å². The fourth-order valence-electron chi connectivity index (χ4n) is 5.58. The standard InChI is InChI=1S/C30H36N2O7/c1-36-30(35)21-15-13-20(14-16-21)27(28(33)31-22-8-3-2-4-9-22)32(18-23-10-7-17-37-23)29(34)26-19-38-24-11-5-6-12-25(24)39-26/h5-6,11-16,22-23,26-27H,2-4,7-10,17-19H2,1H3,(H,31,33)/t23-,26+,27-/m1/s1. The van der Waals surface area contributed by atoms with Crippen LogP contribution in [0.1, 0.15) is 66.9 Å². The summed E-state index contributed by atoms with van der Waals surface area (Å²) in [4.78, 5) is 41.7. The molecule has 1 N–H and O–H groups in total. The number of hydrogen-bond donors (Lipinski definition) is 1. The molecule has 2 aromatic rings. The number of nitrogens with one attached hydrogen (secondary N) is 1. The Morgan fingerprint density at radius 3 is 2.41 bits per heavy atom. The van der Waals surface area contributed by atoms with Gasteiger partial charge in [-0.15, -0.1) is 0 Å². The third-order valence-electron chi connectivity index (χ3n) is 7.65. The molecular weight excluding hydrogens is 500 g/mol. The highest BCUT2D eigenvalue weighted by Crippen LogP contribution is 2.33. The molecular formula is C30H36N2O7. The molecule has 9 heteroatoms. The molecule has 2 aliphatic heterocycles. The van der Waals surface area contributed by atoms with E-state index >= 15 is 0 Å². The lowest BCUT2D eigenvalue weighted by atomic mass is 9.94. The number of esters is 1. The van der Waals surface area contributed by atoms with Gasteiger partial charge in [0.2, 0.25) is 12.0 Å². The second-order valence-electron chi connectivity index (χ2n) is 10.3. The van der Waals surface area contributed by atoms with Gasteiger partial charge in [0, 0.05) is 19.2 Å². The van der Waals surface area contributed by atoms with E-state index in [2.05, 4.69) is 5.32 Å². The summed E-state index contributed by atoms with van der Waals surface area (Å²) in [6, 6.07) is 13.0. The maximum atomic E-state index is 14.1. The summed E-state index contributed by atoms with van der Waals surface area (Å²) in [5, 5.41) is 3.21. The average molecular weight is 537 g/mol. The summed E-state index contributed by atoms with van der Waals surface area (Å²) in [7, 11) is 1.32. The summed E-state index contributed by atoms with van der Waals surface area (Å²) < 4.78 is 22.7. The van der Waals surface area contributed by atoms with E-state index in [9.17, 15) is 14.4 Å². The number of amides is 2. The second-order valence-corrected chi connectivity index (χ2v) is 10.3. The first kappa shape index (κ1) is 27.0. The van der Waals surface area contributed by atoms with Crippen molar-refractivity contribution in [3.8, 4) is 11.5 Å².